The van der Waals surface area contributed by atoms with E-state index in [1.807, 2.05) is 6.07 Å². The number of carboxylic acid groups (broad SMARTS) is 1. The molecule has 0 saturated heterocycles. The number of halogens is 1. The van der Waals surface area contributed by atoms with Gasteiger partial charge in [0.1, 0.15) is 0 Å². The Morgan fingerprint density at radius 2 is 2.40 bits per heavy atom. The van der Waals surface area contributed by atoms with Gasteiger partial charge in [0.05, 0.1) is 10.9 Å². The van der Waals surface area contributed by atoms with Crippen LogP contribution in [0.5, 0.6) is 0 Å². The van der Waals surface area contributed by atoms with Crippen molar-refractivity contribution in [2.24, 2.45) is 0 Å². The molecule has 0 bridgehead atoms. The van der Waals surface area contributed by atoms with Crippen LogP contribution in [0.25, 0.3) is 0 Å². The van der Waals surface area contributed by atoms with E-state index < -0.39 is 5.97 Å². The van der Waals surface area contributed by atoms with Gasteiger partial charge in [0, 0.05) is 17.3 Å². The lowest BCUT2D eigenvalue weighted by atomic mass is 10.4. The highest BCUT2D eigenvalue weighted by Gasteiger charge is 2.11. The Labute approximate surface area is 94.8 Å². The highest BCUT2D eigenvalue weighted by molar-refractivity contribution is 7.16. The topological polar surface area (TPSA) is 55.1 Å². The minimum Gasteiger partial charge on any atom is -0.475 e. The number of hydrogen-bond acceptors (Lipinski definition) is 3. The number of rotatable bonds is 3. The van der Waals surface area contributed by atoms with Gasteiger partial charge in [-0.25, -0.2) is 9.78 Å². The maximum Gasteiger partial charge on any atom is 0.372 e. The van der Waals surface area contributed by atoms with Crippen LogP contribution in [0.4, 0.5) is 0 Å². The molecule has 2 heterocycles. The molecule has 0 spiro atoms. The van der Waals surface area contributed by atoms with E-state index >= 15 is 0 Å². The Morgan fingerprint density at radius 3 is 3.00 bits per heavy atom. The Balaban J connectivity index is 2.24. The van der Waals surface area contributed by atoms with Crippen LogP contribution in [-0.2, 0) is 6.54 Å². The van der Waals surface area contributed by atoms with Crippen LogP contribution in [0, 0.1) is 0 Å². The van der Waals surface area contributed by atoms with Gasteiger partial charge in [-0.05, 0) is 12.1 Å². The lowest BCUT2D eigenvalue weighted by Gasteiger charge is -2.01. The van der Waals surface area contributed by atoms with Crippen LogP contribution >= 0.6 is 22.9 Å². The first-order valence-electron chi connectivity index (χ1n) is 4.15. The van der Waals surface area contributed by atoms with Crippen LogP contribution in [0.2, 0.25) is 4.34 Å². The molecule has 0 aliphatic carbocycles. The molecule has 6 heteroatoms. The van der Waals surface area contributed by atoms with Crippen LogP contribution in [0.1, 0.15) is 15.5 Å². The molecule has 0 aliphatic rings. The minimum absolute atomic E-state index is 0.0412. The molecule has 0 unspecified atom stereocenters. The molecule has 0 saturated carbocycles. The first kappa shape index (κ1) is 10.2. The Morgan fingerprint density at radius 1 is 1.60 bits per heavy atom. The third-order valence-electron chi connectivity index (χ3n) is 1.86. The molecular formula is C9H7ClN2O2S. The average Bonchev–Trinajstić information content (AvgIpc) is 2.75. The molecule has 0 fully saturated rings. The zero-order chi connectivity index (χ0) is 10.8. The molecule has 0 amide bonds. The van der Waals surface area contributed by atoms with Gasteiger partial charge in [-0.3, -0.25) is 0 Å². The van der Waals surface area contributed by atoms with Crippen molar-refractivity contribution in [2.75, 3.05) is 0 Å². The Kier molecular flexibility index (Phi) is 2.75. The van der Waals surface area contributed by atoms with Gasteiger partial charge in [-0.2, -0.15) is 0 Å². The van der Waals surface area contributed by atoms with Crippen LogP contribution in [0.15, 0.2) is 24.5 Å². The summed E-state index contributed by atoms with van der Waals surface area (Å²) >= 11 is 7.21. The van der Waals surface area contributed by atoms with Gasteiger partial charge >= 0.3 is 5.97 Å². The van der Waals surface area contributed by atoms with Gasteiger partial charge in [-0.1, -0.05) is 11.6 Å². The number of carbonyl (C=O) groups is 1. The van der Waals surface area contributed by atoms with E-state index in [0.29, 0.717) is 10.9 Å². The van der Waals surface area contributed by atoms with Crippen LogP contribution in [-0.4, -0.2) is 20.6 Å². The largest absolute Gasteiger partial charge is 0.475 e. The summed E-state index contributed by atoms with van der Waals surface area (Å²) in [6.45, 7) is 0.485. The fraction of sp³-hybridized carbons (Fsp3) is 0.111. The van der Waals surface area contributed by atoms with Gasteiger partial charge < -0.3 is 9.67 Å². The first-order chi connectivity index (χ1) is 7.16. The number of thiophene rings is 1. The van der Waals surface area contributed by atoms with Crippen molar-refractivity contribution >= 4 is 28.9 Å². The predicted molar refractivity (Wildman–Crippen MR) is 57.6 cm³/mol. The second kappa shape index (κ2) is 4.04. The molecule has 78 valence electrons. The SMILES string of the molecule is O=C(O)c1nccn1Cc1ccc(Cl)s1. The van der Waals surface area contributed by atoms with Crippen molar-refractivity contribution < 1.29 is 9.90 Å². The quantitative estimate of drug-likeness (QED) is 0.899. The lowest BCUT2D eigenvalue weighted by Crippen LogP contribution is -2.09. The van der Waals surface area contributed by atoms with Gasteiger partial charge in [-0.15, -0.1) is 11.3 Å². The van der Waals surface area contributed by atoms with Gasteiger partial charge in [0.2, 0.25) is 5.82 Å². The van der Waals surface area contributed by atoms with Crippen molar-refractivity contribution in [2.45, 2.75) is 6.54 Å². The molecule has 0 atom stereocenters. The number of nitrogens with zero attached hydrogens (tertiary/aromatic N) is 2. The summed E-state index contributed by atoms with van der Waals surface area (Å²) in [5, 5.41) is 8.83. The average molecular weight is 243 g/mol. The normalized spacial score (nSPS) is 10.5. The molecule has 0 radical (unpaired) electrons. The third-order valence-corrected chi connectivity index (χ3v) is 3.08. The number of aromatic carboxylic acids is 1. The fourth-order valence-corrected chi connectivity index (χ4v) is 2.33. The van der Waals surface area contributed by atoms with Crippen molar-refractivity contribution in [1.82, 2.24) is 9.55 Å². The maximum atomic E-state index is 10.8. The third kappa shape index (κ3) is 2.19. The summed E-state index contributed by atoms with van der Waals surface area (Å²) in [6.07, 6.45) is 3.11. The van der Waals surface area contributed by atoms with E-state index in [1.54, 1.807) is 16.8 Å². The zero-order valence-corrected chi connectivity index (χ0v) is 9.13. The molecule has 2 aromatic rings. The van der Waals surface area contributed by atoms with Crippen molar-refractivity contribution in [3.63, 3.8) is 0 Å². The summed E-state index contributed by atoms with van der Waals surface area (Å²) < 4.78 is 2.27. The zero-order valence-electron chi connectivity index (χ0n) is 7.55. The van der Waals surface area contributed by atoms with Gasteiger partial charge in [0.15, 0.2) is 0 Å². The Bertz CT molecular complexity index is 492. The molecule has 0 aromatic carbocycles. The van der Waals surface area contributed by atoms with E-state index in [1.165, 1.54) is 17.5 Å². The molecule has 2 aromatic heterocycles. The standard InChI is InChI=1S/C9H7ClN2O2S/c10-7-2-1-6(15-7)5-12-4-3-11-8(12)9(13)14/h1-4H,5H2,(H,13,14). The smallest absolute Gasteiger partial charge is 0.372 e. The number of hydrogen-bond donors (Lipinski definition) is 1. The number of carboxylic acids is 1. The van der Waals surface area contributed by atoms with Gasteiger partial charge in [0.25, 0.3) is 0 Å². The highest BCUT2D eigenvalue weighted by atomic mass is 35.5. The highest BCUT2D eigenvalue weighted by Crippen LogP contribution is 2.22. The lowest BCUT2D eigenvalue weighted by molar-refractivity contribution is 0.0679. The Hall–Kier alpha value is -1.33. The van der Waals surface area contributed by atoms with Crippen LogP contribution in [0.3, 0.4) is 0 Å². The second-order valence-corrected chi connectivity index (χ2v) is 4.69. The van der Waals surface area contributed by atoms with Crippen molar-refractivity contribution in [1.29, 1.82) is 0 Å². The fourth-order valence-electron chi connectivity index (χ4n) is 1.24. The van der Waals surface area contributed by atoms with Crippen molar-refractivity contribution in [3.8, 4) is 0 Å². The molecule has 15 heavy (non-hydrogen) atoms. The molecular weight excluding hydrogens is 236 g/mol. The summed E-state index contributed by atoms with van der Waals surface area (Å²) in [5.41, 5.74) is 0. The molecule has 2 rings (SSSR count). The monoisotopic (exact) mass is 242 g/mol. The molecule has 1 N–H and O–H groups in total. The van der Waals surface area contributed by atoms with Crippen molar-refractivity contribution in [3.05, 3.63) is 39.6 Å². The predicted octanol–water partition coefficient (Wildman–Crippen LogP) is 2.34. The van der Waals surface area contributed by atoms with E-state index in [-0.39, 0.29) is 5.82 Å². The first-order valence-corrected chi connectivity index (χ1v) is 5.35. The minimum atomic E-state index is -1.03. The van der Waals surface area contributed by atoms with E-state index in [2.05, 4.69) is 4.98 Å². The number of aromatic nitrogens is 2. The molecule has 0 aliphatic heterocycles. The van der Waals surface area contributed by atoms with Crippen LogP contribution < -0.4 is 0 Å². The summed E-state index contributed by atoms with van der Waals surface area (Å²) in [4.78, 5) is 15.5. The van der Waals surface area contributed by atoms with E-state index in [4.69, 9.17) is 16.7 Å². The summed E-state index contributed by atoms with van der Waals surface area (Å²) in [7, 11) is 0. The maximum absolute atomic E-state index is 10.8. The number of imidazole rings is 1. The summed E-state index contributed by atoms with van der Waals surface area (Å²) in [6, 6.07) is 3.66. The van der Waals surface area contributed by atoms with E-state index in [9.17, 15) is 4.79 Å². The second-order valence-electron chi connectivity index (χ2n) is 2.89. The summed E-state index contributed by atoms with van der Waals surface area (Å²) in [5.74, 6) is -0.984. The van der Waals surface area contributed by atoms with E-state index in [0.717, 1.165) is 4.88 Å². The molecule has 4 nitrogen and oxygen atoms in total.